The van der Waals surface area contributed by atoms with E-state index >= 15 is 0 Å². The van der Waals surface area contributed by atoms with Gasteiger partial charge in [-0.05, 0) is 76.8 Å². The molecule has 0 atom stereocenters. The lowest BCUT2D eigenvalue weighted by Gasteiger charge is -2.46. The highest BCUT2D eigenvalue weighted by Gasteiger charge is 2.36. The largest absolute Gasteiger partial charge is 0.304 e. The topological polar surface area (TPSA) is 6.48 Å². The van der Waals surface area contributed by atoms with Crippen LogP contribution >= 0.6 is 0 Å². The Kier molecular flexibility index (Phi) is 4.87. The monoisotopic (exact) mass is 238 g/mol. The summed E-state index contributed by atoms with van der Waals surface area (Å²) in [6, 6.07) is 0. The zero-order valence-corrected chi connectivity index (χ0v) is 11.9. The summed E-state index contributed by atoms with van der Waals surface area (Å²) in [7, 11) is 0. The maximum Gasteiger partial charge on any atom is -0.00134 e. The first-order chi connectivity index (χ1) is 8.28. The van der Waals surface area contributed by atoms with Crippen molar-refractivity contribution >= 4 is 0 Å². The first-order valence-electron chi connectivity index (χ1n) is 7.73. The van der Waals surface area contributed by atoms with Crippen LogP contribution in [0.15, 0.2) is 0 Å². The van der Waals surface area contributed by atoms with Crippen LogP contribution in [0.3, 0.4) is 0 Å². The second-order valence-corrected chi connectivity index (χ2v) is 6.13. The fourth-order valence-corrected chi connectivity index (χ4v) is 3.48. The Balaban J connectivity index is 1.74. The molecule has 0 aromatic heterocycles. The van der Waals surface area contributed by atoms with Crippen LogP contribution in [0.25, 0.3) is 0 Å². The van der Waals surface area contributed by atoms with Crippen LogP contribution in [0.2, 0.25) is 0 Å². The van der Waals surface area contributed by atoms with Gasteiger partial charge in [0.05, 0.1) is 0 Å². The lowest BCUT2D eigenvalue weighted by atomic mass is 9.71. The number of rotatable bonds is 4. The van der Waals surface area contributed by atoms with Crippen molar-refractivity contribution in [3.63, 3.8) is 0 Å². The smallest absolute Gasteiger partial charge is 0.00134 e. The quantitative estimate of drug-likeness (QED) is 0.743. The van der Waals surface area contributed by atoms with Crippen LogP contribution in [-0.4, -0.2) is 49.1 Å². The van der Waals surface area contributed by atoms with Gasteiger partial charge < -0.3 is 9.80 Å². The van der Waals surface area contributed by atoms with Crippen LogP contribution < -0.4 is 0 Å². The van der Waals surface area contributed by atoms with Gasteiger partial charge in [0, 0.05) is 0 Å². The summed E-state index contributed by atoms with van der Waals surface area (Å²) in [6.45, 7) is 12.6. The van der Waals surface area contributed by atoms with Crippen molar-refractivity contribution in [2.45, 2.75) is 52.4 Å². The minimum absolute atomic E-state index is 0.731. The molecule has 0 bridgehead atoms. The number of hydrogen-bond donors (Lipinski definition) is 0. The van der Waals surface area contributed by atoms with Gasteiger partial charge in [-0.3, -0.25) is 0 Å². The van der Waals surface area contributed by atoms with Gasteiger partial charge in [-0.15, -0.1) is 0 Å². The van der Waals surface area contributed by atoms with Crippen LogP contribution in [0.5, 0.6) is 0 Å². The number of unbranched alkanes of at least 4 members (excludes halogenated alkanes) is 1. The second-order valence-electron chi connectivity index (χ2n) is 6.13. The molecule has 2 rings (SSSR count). The molecule has 100 valence electrons. The maximum atomic E-state index is 2.70. The van der Waals surface area contributed by atoms with E-state index in [0.29, 0.717) is 0 Å². The number of nitrogens with zero attached hydrogens (tertiary/aromatic N) is 2. The molecule has 0 aromatic rings. The summed E-state index contributed by atoms with van der Waals surface area (Å²) in [6.07, 6.45) is 8.58. The molecule has 2 saturated heterocycles. The van der Waals surface area contributed by atoms with Crippen LogP contribution in [0.4, 0.5) is 0 Å². The van der Waals surface area contributed by atoms with E-state index in [9.17, 15) is 0 Å². The Morgan fingerprint density at radius 2 is 1.35 bits per heavy atom. The van der Waals surface area contributed by atoms with Gasteiger partial charge in [0.1, 0.15) is 0 Å². The molecule has 17 heavy (non-hydrogen) atoms. The molecule has 2 aliphatic rings. The van der Waals surface area contributed by atoms with E-state index in [4.69, 9.17) is 0 Å². The van der Waals surface area contributed by atoms with Crippen LogP contribution in [0.1, 0.15) is 52.4 Å². The normalized spacial score (nSPS) is 26.5. The minimum atomic E-state index is 0.731. The third-order valence-corrected chi connectivity index (χ3v) is 5.11. The van der Waals surface area contributed by atoms with E-state index in [0.717, 1.165) is 5.41 Å². The van der Waals surface area contributed by atoms with Crippen molar-refractivity contribution in [3.05, 3.63) is 0 Å². The van der Waals surface area contributed by atoms with Crippen molar-refractivity contribution in [3.8, 4) is 0 Å². The van der Waals surface area contributed by atoms with E-state index in [2.05, 4.69) is 23.6 Å². The molecule has 2 heteroatoms. The van der Waals surface area contributed by atoms with Crippen molar-refractivity contribution in [1.82, 2.24) is 9.80 Å². The van der Waals surface area contributed by atoms with E-state index < -0.39 is 0 Å². The first kappa shape index (κ1) is 13.4. The lowest BCUT2D eigenvalue weighted by Crippen LogP contribution is -2.46. The van der Waals surface area contributed by atoms with Gasteiger partial charge in [-0.2, -0.15) is 0 Å². The molecule has 0 aliphatic carbocycles. The molecule has 2 aliphatic heterocycles. The maximum absolute atomic E-state index is 2.70. The van der Waals surface area contributed by atoms with E-state index in [-0.39, 0.29) is 0 Å². The minimum Gasteiger partial charge on any atom is -0.304 e. The highest BCUT2D eigenvalue weighted by atomic mass is 15.1. The molecule has 0 N–H and O–H groups in total. The molecule has 1 spiro atoms. The van der Waals surface area contributed by atoms with Gasteiger partial charge in [0.25, 0.3) is 0 Å². The van der Waals surface area contributed by atoms with Crippen LogP contribution in [-0.2, 0) is 0 Å². The number of piperidine rings is 2. The van der Waals surface area contributed by atoms with E-state index in [1.54, 1.807) is 0 Å². The van der Waals surface area contributed by atoms with Crippen molar-refractivity contribution < 1.29 is 0 Å². The van der Waals surface area contributed by atoms with E-state index in [1.807, 2.05) is 0 Å². The summed E-state index contributed by atoms with van der Waals surface area (Å²) >= 11 is 0. The molecule has 2 nitrogen and oxygen atoms in total. The molecule has 0 amide bonds. The van der Waals surface area contributed by atoms with E-state index in [1.165, 1.54) is 77.8 Å². The van der Waals surface area contributed by atoms with Gasteiger partial charge in [-0.1, -0.05) is 20.3 Å². The summed E-state index contributed by atoms with van der Waals surface area (Å²) in [5, 5.41) is 0. The zero-order valence-electron chi connectivity index (χ0n) is 11.9. The molecule has 0 radical (unpaired) electrons. The summed E-state index contributed by atoms with van der Waals surface area (Å²) in [5.41, 5.74) is 0.731. The zero-order chi connectivity index (χ0) is 12.1. The van der Waals surface area contributed by atoms with Gasteiger partial charge >= 0.3 is 0 Å². The van der Waals surface area contributed by atoms with Gasteiger partial charge in [0.2, 0.25) is 0 Å². The fourth-order valence-electron chi connectivity index (χ4n) is 3.48. The highest BCUT2D eigenvalue weighted by molar-refractivity contribution is 4.90. The van der Waals surface area contributed by atoms with Crippen molar-refractivity contribution in [1.29, 1.82) is 0 Å². The first-order valence-corrected chi connectivity index (χ1v) is 7.73. The molecule has 0 saturated carbocycles. The fraction of sp³-hybridized carbons (Fsp3) is 1.00. The molecule has 2 fully saturated rings. The van der Waals surface area contributed by atoms with Crippen LogP contribution in [0, 0.1) is 5.41 Å². The average molecular weight is 238 g/mol. The Morgan fingerprint density at radius 1 is 0.824 bits per heavy atom. The molecular weight excluding hydrogens is 208 g/mol. The lowest BCUT2D eigenvalue weighted by molar-refractivity contribution is 0.0363. The highest BCUT2D eigenvalue weighted by Crippen LogP contribution is 2.41. The molecule has 0 unspecified atom stereocenters. The van der Waals surface area contributed by atoms with Gasteiger partial charge in [-0.25, -0.2) is 0 Å². The Morgan fingerprint density at radius 3 is 1.82 bits per heavy atom. The Hall–Kier alpha value is -0.0800. The van der Waals surface area contributed by atoms with Gasteiger partial charge in [0.15, 0.2) is 0 Å². The third-order valence-electron chi connectivity index (χ3n) is 5.11. The summed E-state index contributed by atoms with van der Waals surface area (Å²) in [4.78, 5) is 5.32. The summed E-state index contributed by atoms with van der Waals surface area (Å²) < 4.78 is 0. The SMILES string of the molecule is CCCCN1CCC2(CCN(CC)CC2)CC1. The third kappa shape index (κ3) is 3.45. The predicted molar refractivity (Wildman–Crippen MR) is 74.4 cm³/mol. The Bertz CT molecular complexity index is 209. The molecule has 0 aromatic carbocycles. The Labute approximate surface area is 107 Å². The van der Waals surface area contributed by atoms with Crippen molar-refractivity contribution in [2.24, 2.45) is 5.41 Å². The second kappa shape index (κ2) is 6.19. The summed E-state index contributed by atoms with van der Waals surface area (Å²) in [5.74, 6) is 0. The van der Waals surface area contributed by atoms with Crippen molar-refractivity contribution in [2.75, 3.05) is 39.3 Å². The number of likely N-dealkylation sites (tertiary alicyclic amines) is 2. The average Bonchev–Trinajstić information content (AvgIpc) is 2.39. The standard InChI is InChI=1S/C15H30N2/c1-3-5-10-17-13-8-15(9-14-17)6-11-16(4-2)12-7-15/h3-14H2,1-2H3. The molecule has 2 heterocycles. The predicted octanol–water partition coefficient (Wildman–Crippen LogP) is 2.98. The number of hydrogen-bond acceptors (Lipinski definition) is 2. The molecular formula is C15H30N2.